The molecule has 170 valence electrons. The number of benzene rings is 2. The largest absolute Gasteiger partial charge is 0.467 e. The van der Waals surface area contributed by atoms with Crippen molar-refractivity contribution in [2.75, 3.05) is 13.1 Å². The van der Waals surface area contributed by atoms with Crippen molar-refractivity contribution < 1.29 is 9.21 Å². The Morgan fingerprint density at radius 2 is 1.88 bits per heavy atom. The standard InChI is InChI=1S/C25H24ClN3O3S/c1-3-28(4-2)24(31)22(17-9-6-5-7-10-17)33-25-27-21-15-18(26)12-13-20(21)23(30)29(25)16-19-11-8-14-32-19/h5-15,22H,3-4,16H2,1-2H3. The molecule has 1 atom stereocenters. The van der Waals surface area contributed by atoms with Crippen LogP contribution < -0.4 is 5.56 Å². The molecule has 0 aliphatic rings. The van der Waals surface area contributed by atoms with E-state index < -0.39 is 5.25 Å². The molecule has 6 nitrogen and oxygen atoms in total. The Morgan fingerprint density at radius 3 is 2.55 bits per heavy atom. The Hall–Kier alpha value is -3.03. The van der Waals surface area contributed by atoms with Crippen molar-refractivity contribution in [3.63, 3.8) is 0 Å². The van der Waals surface area contributed by atoms with Gasteiger partial charge in [0, 0.05) is 18.1 Å². The first-order valence-electron chi connectivity index (χ1n) is 10.7. The first-order valence-corrected chi connectivity index (χ1v) is 12.0. The molecule has 0 radical (unpaired) electrons. The third-order valence-corrected chi connectivity index (χ3v) is 6.87. The van der Waals surface area contributed by atoms with Crippen molar-refractivity contribution in [1.82, 2.24) is 14.5 Å². The lowest BCUT2D eigenvalue weighted by molar-refractivity contribution is -0.130. The third-order valence-electron chi connectivity index (χ3n) is 5.40. The van der Waals surface area contributed by atoms with E-state index in [1.54, 1.807) is 40.0 Å². The predicted molar refractivity (Wildman–Crippen MR) is 132 cm³/mol. The maximum absolute atomic E-state index is 13.5. The normalized spacial score (nSPS) is 12.1. The molecule has 2 aromatic heterocycles. The monoisotopic (exact) mass is 481 g/mol. The molecule has 0 N–H and O–H groups in total. The van der Waals surface area contributed by atoms with E-state index in [2.05, 4.69) is 0 Å². The molecule has 0 aliphatic carbocycles. The van der Waals surface area contributed by atoms with Crippen LogP contribution in [-0.2, 0) is 11.3 Å². The molecular formula is C25H24ClN3O3S. The zero-order chi connectivity index (χ0) is 23.4. The number of aromatic nitrogens is 2. The molecule has 4 aromatic rings. The third kappa shape index (κ3) is 4.99. The maximum Gasteiger partial charge on any atom is 0.262 e. The number of amides is 1. The Kier molecular flexibility index (Phi) is 7.20. The second kappa shape index (κ2) is 10.3. The van der Waals surface area contributed by atoms with Crippen LogP contribution in [0.1, 0.15) is 30.4 Å². The quantitative estimate of drug-likeness (QED) is 0.249. The van der Waals surface area contributed by atoms with Gasteiger partial charge in [-0.15, -0.1) is 0 Å². The Balaban J connectivity index is 1.86. The van der Waals surface area contributed by atoms with Gasteiger partial charge in [-0.2, -0.15) is 0 Å². The zero-order valence-corrected chi connectivity index (χ0v) is 20.0. The van der Waals surface area contributed by atoms with Crippen molar-refractivity contribution >= 4 is 40.2 Å². The number of rotatable bonds is 8. The molecule has 0 fully saturated rings. The second-order valence-corrected chi connectivity index (χ2v) is 8.95. The summed E-state index contributed by atoms with van der Waals surface area (Å²) in [6, 6.07) is 18.2. The predicted octanol–water partition coefficient (Wildman–Crippen LogP) is 5.39. The van der Waals surface area contributed by atoms with E-state index in [9.17, 15) is 9.59 Å². The van der Waals surface area contributed by atoms with Gasteiger partial charge in [-0.3, -0.25) is 14.2 Å². The van der Waals surface area contributed by atoms with E-state index in [4.69, 9.17) is 21.0 Å². The fourth-order valence-electron chi connectivity index (χ4n) is 3.66. The van der Waals surface area contributed by atoms with Gasteiger partial charge in [-0.1, -0.05) is 53.7 Å². The highest BCUT2D eigenvalue weighted by Crippen LogP contribution is 2.36. The fraction of sp³-hybridized carbons (Fsp3) is 0.240. The molecule has 1 unspecified atom stereocenters. The topological polar surface area (TPSA) is 68.3 Å². The summed E-state index contributed by atoms with van der Waals surface area (Å²) in [4.78, 5) is 33.5. The molecule has 0 aliphatic heterocycles. The SMILES string of the molecule is CCN(CC)C(=O)C(Sc1nc2cc(Cl)ccc2c(=O)n1Cc1ccco1)c1ccccc1. The van der Waals surface area contributed by atoms with E-state index in [1.807, 2.05) is 50.2 Å². The lowest BCUT2D eigenvalue weighted by Gasteiger charge is -2.25. The van der Waals surface area contributed by atoms with Gasteiger partial charge in [-0.05, 0) is 49.7 Å². The highest BCUT2D eigenvalue weighted by Gasteiger charge is 2.28. The first-order chi connectivity index (χ1) is 16.0. The molecule has 0 spiro atoms. The Bertz CT molecular complexity index is 1300. The number of thioether (sulfide) groups is 1. The molecule has 2 heterocycles. The van der Waals surface area contributed by atoms with Crippen LogP contribution in [0.3, 0.4) is 0 Å². The lowest BCUT2D eigenvalue weighted by Crippen LogP contribution is -2.34. The number of hydrogen-bond acceptors (Lipinski definition) is 5. The van der Waals surface area contributed by atoms with Gasteiger partial charge in [0.15, 0.2) is 5.16 Å². The number of nitrogens with zero attached hydrogens (tertiary/aromatic N) is 3. The average Bonchev–Trinajstić information content (AvgIpc) is 3.34. The van der Waals surface area contributed by atoms with Crippen LogP contribution in [0.25, 0.3) is 10.9 Å². The highest BCUT2D eigenvalue weighted by molar-refractivity contribution is 8.00. The van der Waals surface area contributed by atoms with Crippen LogP contribution in [0, 0.1) is 0 Å². The van der Waals surface area contributed by atoms with Crippen LogP contribution >= 0.6 is 23.4 Å². The van der Waals surface area contributed by atoms with E-state index in [-0.39, 0.29) is 18.0 Å². The second-order valence-electron chi connectivity index (χ2n) is 7.45. The summed E-state index contributed by atoms with van der Waals surface area (Å²) in [5, 5.41) is 0.826. The molecule has 4 rings (SSSR count). The summed E-state index contributed by atoms with van der Waals surface area (Å²) >= 11 is 7.45. The zero-order valence-electron chi connectivity index (χ0n) is 18.4. The van der Waals surface area contributed by atoms with Gasteiger partial charge in [0.2, 0.25) is 5.91 Å². The number of fused-ring (bicyclic) bond motifs is 1. The highest BCUT2D eigenvalue weighted by atomic mass is 35.5. The van der Waals surface area contributed by atoms with Crippen LogP contribution in [0.15, 0.2) is 81.3 Å². The summed E-state index contributed by atoms with van der Waals surface area (Å²) in [6.45, 7) is 5.31. The van der Waals surface area contributed by atoms with E-state index in [0.29, 0.717) is 39.9 Å². The number of halogens is 1. The number of carbonyl (C=O) groups excluding carboxylic acids is 1. The van der Waals surface area contributed by atoms with E-state index in [1.165, 1.54) is 11.8 Å². The summed E-state index contributed by atoms with van der Waals surface area (Å²) in [6.07, 6.45) is 1.57. The fourth-order valence-corrected chi connectivity index (χ4v) is 5.00. The molecule has 0 saturated carbocycles. The maximum atomic E-state index is 13.5. The summed E-state index contributed by atoms with van der Waals surface area (Å²) < 4.78 is 7.06. The molecule has 8 heteroatoms. The molecule has 33 heavy (non-hydrogen) atoms. The van der Waals surface area contributed by atoms with Crippen molar-refractivity contribution in [3.8, 4) is 0 Å². The minimum absolute atomic E-state index is 0.0267. The molecule has 2 aromatic carbocycles. The van der Waals surface area contributed by atoms with Gasteiger partial charge in [-0.25, -0.2) is 4.98 Å². The smallest absolute Gasteiger partial charge is 0.262 e. The van der Waals surface area contributed by atoms with Gasteiger partial charge in [0.25, 0.3) is 5.56 Å². The first kappa shape index (κ1) is 23.1. The van der Waals surface area contributed by atoms with Crippen molar-refractivity contribution in [1.29, 1.82) is 0 Å². The number of furan rings is 1. The number of hydrogen-bond donors (Lipinski definition) is 0. The van der Waals surface area contributed by atoms with Gasteiger partial charge in [0.05, 0.1) is 23.7 Å². The molecule has 1 amide bonds. The Labute approximate surface area is 201 Å². The summed E-state index contributed by atoms with van der Waals surface area (Å²) in [5.74, 6) is 0.599. The van der Waals surface area contributed by atoms with Crippen molar-refractivity contribution in [2.45, 2.75) is 30.8 Å². The van der Waals surface area contributed by atoms with Crippen LogP contribution in [0.5, 0.6) is 0 Å². The summed E-state index contributed by atoms with van der Waals surface area (Å²) in [7, 11) is 0. The van der Waals surface area contributed by atoms with Gasteiger partial charge >= 0.3 is 0 Å². The van der Waals surface area contributed by atoms with Crippen molar-refractivity contribution in [3.05, 3.63) is 93.6 Å². The minimum atomic E-state index is -0.558. The molecular weight excluding hydrogens is 458 g/mol. The summed E-state index contributed by atoms with van der Waals surface area (Å²) in [5.41, 5.74) is 1.13. The van der Waals surface area contributed by atoms with Crippen LogP contribution in [0.4, 0.5) is 0 Å². The molecule has 0 saturated heterocycles. The van der Waals surface area contributed by atoms with Gasteiger partial charge in [0.1, 0.15) is 11.0 Å². The Morgan fingerprint density at radius 1 is 1.12 bits per heavy atom. The van der Waals surface area contributed by atoms with Gasteiger partial charge < -0.3 is 9.32 Å². The molecule has 0 bridgehead atoms. The number of likely N-dealkylation sites (N-methyl/N-ethyl adjacent to an activating group) is 1. The average molecular weight is 482 g/mol. The van der Waals surface area contributed by atoms with Crippen LogP contribution in [-0.4, -0.2) is 33.4 Å². The van der Waals surface area contributed by atoms with E-state index in [0.717, 1.165) is 5.56 Å². The van der Waals surface area contributed by atoms with E-state index >= 15 is 0 Å². The minimum Gasteiger partial charge on any atom is -0.467 e. The number of carbonyl (C=O) groups is 1. The van der Waals surface area contributed by atoms with Crippen LogP contribution in [0.2, 0.25) is 5.02 Å². The lowest BCUT2D eigenvalue weighted by atomic mass is 10.1. The van der Waals surface area contributed by atoms with Crippen molar-refractivity contribution in [2.24, 2.45) is 0 Å².